The van der Waals surface area contributed by atoms with Gasteiger partial charge < -0.3 is 24.6 Å². The first-order chi connectivity index (χ1) is 18.1. The molecule has 1 heterocycles. The minimum absolute atomic E-state index is 0.0650. The second-order valence-corrected chi connectivity index (χ2v) is 8.88. The normalized spacial score (nSPS) is 13.4. The molecule has 4 aromatic rings. The molecule has 0 saturated carbocycles. The number of hydrogen-bond acceptors (Lipinski definition) is 5. The van der Waals surface area contributed by atoms with Gasteiger partial charge in [-0.1, -0.05) is 36.4 Å². The smallest absolute Gasteiger partial charge is 0.263 e. The van der Waals surface area contributed by atoms with Crippen LogP contribution < -0.4 is 19.7 Å². The van der Waals surface area contributed by atoms with Gasteiger partial charge in [0.25, 0.3) is 11.8 Å². The lowest BCUT2D eigenvalue weighted by Gasteiger charge is -2.36. The van der Waals surface area contributed by atoms with Crippen molar-refractivity contribution in [3.8, 4) is 11.5 Å². The lowest BCUT2D eigenvalue weighted by atomic mass is 10.1. The van der Waals surface area contributed by atoms with Gasteiger partial charge in [0, 0.05) is 43.1 Å². The molecule has 1 aliphatic heterocycles. The van der Waals surface area contributed by atoms with Gasteiger partial charge in [-0.2, -0.15) is 0 Å². The molecule has 0 unspecified atom stereocenters. The van der Waals surface area contributed by atoms with Crippen LogP contribution in [0.1, 0.15) is 20.7 Å². The van der Waals surface area contributed by atoms with E-state index >= 15 is 0 Å². The maximum Gasteiger partial charge on any atom is 0.263 e. The van der Waals surface area contributed by atoms with E-state index in [9.17, 15) is 9.59 Å². The fourth-order valence-corrected chi connectivity index (χ4v) is 4.70. The SMILES string of the molecule is COc1cccc(OC)c1C(=O)Nc1ccc(N2CCN(C(=O)c3ccc4ccccc4c3)CC2)cc1. The average molecular weight is 496 g/mol. The Morgan fingerprint density at radius 1 is 0.730 bits per heavy atom. The fourth-order valence-electron chi connectivity index (χ4n) is 4.70. The Balaban J connectivity index is 1.21. The predicted octanol–water partition coefficient (Wildman–Crippen LogP) is 5.07. The number of benzene rings is 4. The van der Waals surface area contributed by atoms with Crippen molar-refractivity contribution < 1.29 is 19.1 Å². The Hall–Kier alpha value is -4.52. The summed E-state index contributed by atoms with van der Waals surface area (Å²) < 4.78 is 10.7. The molecular formula is C30H29N3O4. The summed E-state index contributed by atoms with van der Waals surface area (Å²) in [5.74, 6) is 0.659. The molecule has 0 atom stereocenters. The van der Waals surface area contributed by atoms with Crippen molar-refractivity contribution in [2.24, 2.45) is 0 Å². The molecular weight excluding hydrogens is 466 g/mol. The maximum atomic E-state index is 13.1. The summed E-state index contributed by atoms with van der Waals surface area (Å²) in [6, 6.07) is 26.9. The average Bonchev–Trinajstić information content (AvgIpc) is 2.96. The van der Waals surface area contributed by atoms with Crippen LogP contribution in [0.4, 0.5) is 11.4 Å². The maximum absolute atomic E-state index is 13.1. The number of hydrogen-bond donors (Lipinski definition) is 1. The summed E-state index contributed by atoms with van der Waals surface area (Å²) in [4.78, 5) is 30.2. The largest absolute Gasteiger partial charge is 0.496 e. The predicted molar refractivity (Wildman–Crippen MR) is 146 cm³/mol. The van der Waals surface area contributed by atoms with E-state index in [-0.39, 0.29) is 11.8 Å². The second kappa shape index (κ2) is 10.6. The molecule has 0 aromatic heterocycles. The van der Waals surface area contributed by atoms with Crippen molar-refractivity contribution >= 4 is 34.0 Å². The molecule has 7 heteroatoms. The Morgan fingerprint density at radius 3 is 2.03 bits per heavy atom. The van der Waals surface area contributed by atoms with Crippen molar-refractivity contribution in [2.75, 3.05) is 50.6 Å². The summed E-state index contributed by atoms with van der Waals surface area (Å²) in [7, 11) is 3.05. The van der Waals surface area contributed by atoms with E-state index in [0.29, 0.717) is 35.8 Å². The number of rotatable bonds is 6. The number of carbonyl (C=O) groups is 2. The van der Waals surface area contributed by atoms with Gasteiger partial charge >= 0.3 is 0 Å². The van der Waals surface area contributed by atoms with Crippen LogP contribution in [-0.4, -0.2) is 57.1 Å². The standard InChI is InChI=1S/C30H29N3O4/c1-36-26-8-5-9-27(37-2)28(26)29(34)31-24-12-14-25(15-13-24)32-16-18-33(19-17-32)30(35)23-11-10-21-6-3-4-7-22(21)20-23/h3-15,20H,16-19H2,1-2H3,(H,31,34). The number of anilines is 2. The molecule has 1 aliphatic rings. The number of carbonyl (C=O) groups excluding carboxylic acids is 2. The molecule has 4 aromatic carbocycles. The highest BCUT2D eigenvalue weighted by Gasteiger charge is 2.23. The van der Waals surface area contributed by atoms with Crippen LogP contribution in [0.2, 0.25) is 0 Å². The van der Waals surface area contributed by atoms with E-state index in [1.165, 1.54) is 14.2 Å². The molecule has 0 bridgehead atoms. The first-order valence-corrected chi connectivity index (χ1v) is 12.2. The first kappa shape index (κ1) is 24.2. The number of fused-ring (bicyclic) bond motifs is 1. The van der Waals surface area contributed by atoms with Crippen LogP contribution in [0, 0.1) is 0 Å². The number of piperazine rings is 1. The Bertz CT molecular complexity index is 1400. The molecule has 1 N–H and O–H groups in total. The van der Waals surface area contributed by atoms with Gasteiger partial charge in [0.2, 0.25) is 0 Å². The minimum atomic E-state index is -0.303. The van der Waals surface area contributed by atoms with Crippen LogP contribution in [0.15, 0.2) is 84.9 Å². The van der Waals surface area contributed by atoms with Gasteiger partial charge in [0.05, 0.1) is 14.2 Å². The van der Waals surface area contributed by atoms with E-state index in [0.717, 1.165) is 35.1 Å². The van der Waals surface area contributed by atoms with E-state index in [1.54, 1.807) is 18.2 Å². The van der Waals surface area contributed by atoms with Gasteiger partial charge in [0.1, 0.15) is 17.1 Å². The second-order valence-electron chi connectivity index (χ2n) is 8.88. The third-order valence-corrected chi connectivity index (χ3v) is 6.71. The van der Waals surface area contributed by atoms with Crippen molar-refractivity contribution in [1.29, 1.82) is 0 Å². The summed E-state index contributed by atoms with van der Waals surface area (Å²) in [5, 5.41) is 5.12. The summed E-state index contributed by atoms with van der Waals surface area (Å²) in [6.07, 6.45) is 0. The number of methoxy groups -OCH3 is 2. The highest BCUT2D eigenvalue weighted by atomic mass is 16.5. The number of nitrogens with one attached hydrogen (secondary N) is 1. The number of amides is 2. The van der Waals surface area contributed by atoms with Gasteiger partial charge in [-0.3, -0.25) is 9.59 Å². The zero-order valence-corrected chi connectivity index (χ0v) is 20.9. The zero-order chi connectivity index (χ0) is 25.8. The lowest BCUT2D eigenvalue weighted by molar-refractivity contribution is 0.0746. The van der Waals surface area contributed by atoms with Crippen LogP contribution in [0.25, 0.3) is 10.8 Å². The highest BCUT2D eigenvalue weighted by Crippen LogP contribution is 2.29. The number of nitrogens with zero attached hydrogens (tertiary/aromatic N) is 2. The molecule has 2 amide bonds. The summed E-state index contributed by atoms with van der Waals surface area (Å²) in [5.41, 5.74) is 2.79. The lowest BCUT2D eigenvalue weighted by Crippen LogP contribution is -2.48. The summed E-state index contributed by atoms with van der Waals surface area (Å²) >= 11 is 0. The van der Waals surface area contributed by atoms with Gasteiger partial charge in [-0.25, -0.2) is 0 Å². The molecule has 7 nitrogen and oxygen atoms in total. The van der Waals surface area contributed by atoms with Crippen molar-refractivity contribution in [1.82, 2.24) is 4.90 Å². The van der Waals surface area contributed by atoms with E-state index < -0.39 is 0 Å². The minimum Gasteiger partial charge on any atom is -0.496 e. The van der Waals surface area contributed by atoms with Crippen LogP contribution in [0.5, 0.6) is 11.5 Å². The molecule has 1 fully saturated rings. The van der Waals surface area contributed by atoms with Gasteiger partial charge in [-0.15, -0.1) is 0 Å². The topological polar surface area (TPSA) is 71.1 Å². The highest BCUT2D eigenvalue weighted by molar-refractivity contribution is 6.08. The first-order valence-electron chi connectivity index (χ1n) is 12.2. The quantitative estimate of drug-likeness (QED) is 0.404. The third-order valence-electron chi connectivity index (χ3n) is 6.71. The zero-order valence-electron chi connectivity index (χ0n) is 20.9. The third kappa shape index (κ3) is 5.07. The Morgan fingerprint density at radius 2 is 1.38 bits per heavy atom. The van der Waals surface area contributed by atoms with E-state index in [2.05, 4.69) is 16.3 Å². The fraction of sp³-hybridized carbons (Fsp3) is 0.200. The van der Waals surface area contributed by atoms with E-state index in [1.807, 2.05) is 65.6 Å². The molecule has 5 rings (SSSR count). The van der Waals surface area contributed by atoms with E-state index in [4.69, 9.17) is 9.47 Å². The van der Waals surface area contributed by atoms with Crippen molar-refractivity contribution in [3.05, 3.63) is 96.1 Å². The van der Waals surface area contributed by atoms with Crippen LogP contribution in [-0.2, 0) is 0 Å². The van der Waals surface area contributed by atoms with Crippen LogP contribution >= 0.6 is 0 Å². The summed E-state index contributed by atoms with van der Waals surface area (Å²) in [6.45, 7) is 2.78. The number of ether oxygens (including phenoxy) is 2. The molecule has 0 spiro atoms. The molecule has 0 aliphatic carbocycles. The van der Waals surface area contributed by atoms with Crippen molar-refractivity contribution in [2.45, 2.75) is 0 Å². The monoisotopic (exact) mass is 495 g/mol. The van der Waals surface area contributed by atoms with Crippen LogP contribution in [0.3, 0.4) is 0 Å². The van der Waals surface area contributed by atoms with Gasteiger partial charge in [0.15, 0.2) is 0 Å². The molecule has 37 heavy (non-hydrogen) atoms. The van der Waals surface area contributed by atoms with Crippen molar-refractivity contribution in [3.63, 3.8) is 0 Å². The Labute approximate surface area is 216 Å². The Kier molecular flexibility index (Phi) is 6.94. The molecule has 1 saturated heterocycles. The molecule has 188 valence electrons. The molecule has 0 radical (unpaired) electrons. The van der Waals surface area contributed by atoms with Gasteiger partial charge in [-0.05, 0) is 59.3 Å².